The van der Waals surface area contributed by atoms with E-state index in [1.165, 1.54) is 11.3 Å². The van der Waals surface area contributed by atoms with Gasteiger partial charge in [0, 0.05) is 26.1 Å². The van der Waals surface area contributed by atoms with Crippen molar-refractivity contribution in [1.82, 2.24) is 19.8 Å². The summed E-state index contributed by atoms with van der Waals surface area (Å²) in [5, 5.41) is 4.81. The zero-order valence-electron chi connectivity index (χ0n) is 15.6. The molecule has 0 aliphatic heterocycles. The maximum absolute atomic E-state index is 12.6. The van der Waals surface area contributed by atoms with Gasteiger partial charge in [0.15, 0.2) is 0 Å². The first kappa shape index (κ1) is 19.1. The number of benzene rings is 1. The van der Waals surface area contributed by atoms with E-state index < -0.39 is 0 Å². The molecule has 0 fully saturated rings. The van der Waals surface area contributed by atoms with Crippen LogP contribution >= 0.6 is 11.3 Å². The Balaban J connectivity index is 1.76. The molecule has 2 amide bonds. The summed E-state index contributed by atoms with van der Waals surface area (Å²) in [6.45, 7) is 6.07. The molecule has 0 aliphatic carbocycles. The average Bonchev–Trinajstić information content (AvgIpc) is 3.32. The van der Waals surface area contributed by atoms with Crippen LogP contribution < -0.4 is 5.32 Å². The van der Waals surface area contributed by atoms with Gasteiger partial charge in [-0.05, 0) is 37.4 Å². The highest BCUT2D eigenvalue weighted by Crippen LogP contribution is 2.17. The Hall–Kier alpha value is -2.67. The van der Waals surface area contributed by atoms with Crippen LogP contribution in [-0.2, 0) is 17.8 Å². The fourth-order valence-electron chi connectivity index (χ4n) is 3.09. The van der Waals surface area contributed by atoms with Gasteiger partial charge in [0.25, 0.3) is 5.91 Å². The van der Waals surface area contributed by atoms with Crippen molar-refractivity contribution < 1.29 is 9.59 Å². The molecule has 1 N–H and O–H groups in total. The number of para-hydroxylation sites is 2. The number of aromatic nitrogens is 2. The molecule has 0 bridgehead atoms. The Kier molecular flexibility index (Phi) is 6.24. The Morgan fingerprint density at radius 3 is 2.63 bits per heavy atom. The predicted molar refractivity (Wildman–Crippen MR) is 108 cm³/mol. The second-order valence-corrected chi connectivity index (χ2v) is 7.10. The highest BCUT2D eigenvalue weighted by atomic mass is 32.1. The van der Waals surface area contributed by atoms with Crippen LogP contribution in [0.5, 0.6) is 0 Å². The summed E-state index contributed by atoms with van der Waals surface area (Å²) in [5.74, 6) is 0.807. The second-order valence-electron chi connectivity index (χ2n) is 6.15. The van der Waals surface area contributed by atoms with Crippen molar-refractivity contribution in [3.05, 3.63) is 52.5 Å². The number of hydrogen-bond acceptors (Lipinski definition) is 4. The van der Waals surface area contributed by atoms with Crippen molar-refractivity contribution in [2.24, 2.45) is 0 Å². The second kappa shape index (κ2) is 8.81. The van der Waals surface area contributed by atoms with Gasteiger partial charge in [-0.15, -0.1) is 11.3 Å². The van der Waals surface area contributed by atoms with E-state index in [9.17, 15) is 9.59 Å². The normalized spacial score (nSPS) is 10.9. The van der Waals surface area contributed by atoms with Gasteiger partial charge >= 0.3 is 0 Å². The van der Waals surface area contributed by atoms with E-state index in [1.54, 1.807) is 6.07 Å². The smallest absolute Gasteiger partial charge is 0.261 e. The number of amides is 2. The van der Waals surface area contributed by atoms with Crippen molar-refractivity contribution in [2.45, 2.75) is 26.8 Å². The number of hydrogen-bond donors (Lipinski definition) is 1. The van der Waals surface area contributed by atoms with Gasteiger partial charge in [0.2, 0.25) is 5.91 Å². The van der Waals surface area contributed by atoms with Gasteiger partial charge in [-0.1, -0.05) is 18.2 Å². The molecule has 0 aliphatic rings. The third-order valence-corrected chi connectivity index (χ3v) is 5.39. The van der Waals surface area contributed by atoms with Crippen molar-refractivity contribution in [3.63, 3.8) is 0 Å². The molecule has 6 nitrogen and oxygen atoms in total. The Morgan fingerprint density at radius 1 is 1.15 bits per heavy atom. The SMILES string of the molecule is CCN(CC)C(=O)Cn1c(CCNC(=O)c2cccs2)nc2ccccc21. The Labute approximate surface area is 162 Å². The molecule has 0 atom stereocenters. The number of likely N-dealkylation sites (N-methyl/N-ethyl adjacent to an activating group) is 1. The van der Waals surface area contributed by atoms with E-state index in [1.807, 2.05) is 59.0 Å². The molecule has 3 aromatic rings. The number of fused-ring (bicyclic) bond motifs is 1. The highest BCUT2D eigenvalue weighted by molar-refractivity contribution is 7.12. The fourth-order valence-corrected chi connectivity index (χ4v) is 3.73. The molecule has 0 spiro atoms. The number of thiophene rings is 1. The molecule has 0 unspecified atom stereocenters. The van der Waals surface area contributed by atoms with Crippen LogP contribution in [0.3, 0.4) is 0 Å². The third-order valence-electron chi connectivity index (χ3n) is 4.52. The molecule has 2 heterocycles. The zero-order chi connectivity index (χ0) is 19.2. The minimum atomic E-state index is -0.0770. The zero-order valence-corrected chi connectivity index (χ0v) is 16.5. The van der Waals surface area contributed by atoms with E-state index in [0.717, 1.165) is 16.9 Å². The lowest BCUT2D eigenvalue weighted by atomic mass is 10.3. The standard InChI is InChI=1S/C20H24N4O2S/c1-3-23(4-2)19(25)14-24-16-9-6-5-8-15(16)22-18(24)11-12-21-20(26)17-10-7-13-27-17/h5-10,13H,3-4,11-12,14H2,1-2H3,(H,21,26). The Morgan fingerprint density at radius 2 is 1.93 bits per heavy atom. The van der Waals surface area contributed by atoms with Gasteiger partial charge < -0.3 is 14.8 Å². The summed E-state index contributed by atoms with van der Waals surface area (Å²) < 4.78 is 1.97. The van der Waals surface area contributed by atoms with E-state index >= 15 is 0 Å². The van der Waals surface area contributed by atoms with Crippen LogP contribution in [-0.4, -0.2) is 45.9 Å². The van der Waals surface area contributed by atoms with Crippen LogP contribution in [0, 0.1) is 0 Å². The Bertz CT molecular complexity index is 913. The predicted octanol–water partition coefficient (Wildman–Crippen LogP) is 2.94. The van der Waals surface area contributed by atoms with Gasteiger partial charge in [-0.25, -0.2) is 4.98 Å². The molecule has 0 radical (unpaired) electrons. The number of carbonyl (C=O) groups is 2. The van der Waals surface area contributed by atoms with Gasteiger partial charge in [0.05, 0.1) is 15.9 Å². The number of imidazole rings is 1. The van der Waals surface area contributed by atoms with Crippen molar-refractivity contribution in [3.8, 4) is 0 Å². The lowest BCUT2D eigenvalue weighted by Crippen LogP contribution is -2.34. The summed E-state index contributed by atoms with van der Waals surface area (Å²) in [7, 11) is 0. The van der Waals surface area contributed by atoms with Crippen molar-refractivity contribution >= 4 is 34.2 Å². The molecule has 3 rings (SSSR count). The highest BCUT2D eigenvalue weighted by Gasteiger charge is 2.16. The van der Waals surface area contributed by atoms with E-state index in [0.29, 0.717) is 30.9 Å². The monoisotopic (exact) mass is 384 g/mol. The lowest BCUT2D eigenvalue weighted by molar-refractivity contribution is -0.131. The maximum Gasteiger partial charge on any atom is 0.261 e. The maximum atomic E-state index is 12.6. The fraction of sp³-hybridized carbons (Fsp3) is 0.350. The largest absolute Gasteiger partial charge is 0.351 e. The molecule has 1 aromatic carbocycles. The summed E-state index contributed by atoms with van der Waals surface area (Å²) in [5.41, 5.74) is 1.81. The number of nitrogens with zero attached hydrogens (tertiary/aromatic N) is 3. The lowest BCUT2D eigenvalue weighted by Gasteiger charge is -2.20. The summed E-state index contributed by atoms with van der Waals surface area (Å²) in [6, 6.07) is 11.5. The van der Waals surface area contributed by atoms with E-state index in [4.69, 9.17) is 0 Å². The van der Waals surface area contributed by atoms with Crippen molar-refractivity contribution in [2.75, 3.05) is 19.6 Å². The molecule has 0 saturated carbocycles. The van der Waals surface area contributed by atoms with Crippen LogP contribution in [0.2, 0.25) is 0 Å². The van der Waals surface area contributed by atoms with Gasteiger partial charge in [-0.3, -0.25) is 9.59 Å². The summed E-state index contributed by atoms with van der Waals surface area (Å²) in [6.07, 6.45) is 0.567. The number of nitrogens with one attached hydrogen (secondary N) is 1. The quantitative estimate of drug-likeness (QED) is 0.649. The van der Waals surface area contributed by atoms with Gasteiger partial charge in [-0.2, -0.15) is 0 Å². The topological polar surface area (TPSA) is 67.2 Å². The molecular weight excluding hydrogens is 360 g/mol. The minimum absolute atomic E-state index is 0.0759. The molecule has 7 heteroatoms. The first-order valence-corrected chi connectivity index (χ1v) is 10.1. The molecule has 0 saturated heterocycles. The summed E-state index contributed by atoms with van der Waals surface area (Å²) >= 11 is 1.42. The van der Waals surface area contributed by atoms with Crippen LogP contribution in [0.15, 0.2) is 41.8 Å². The van der Waals surface area contributed by atoms with Crippen LogP contribution in [0.4, 0.5) is 0 Å². The summed E-state index contributed by atoms with van der Waals surface area (Å²) in [4.78, 5) is 31.9. The van der Waals surface area contributed by atoms with Crippen molar-refractivity contribution in [1.29, 1.82) is 0 Å². The van der Waals surface area contributed by atoms with Gasteiger partial charge in [0.1, 0.15) is 12.4 Å². The first-order valence-electron chi connectivity index (χ1n) is 9.17. The third kappa shape index (κ3) is 4.36. The number of rotatable bonds is 8. The first-order chi connectivity index (χ1) is 13.1. The molecule has 2 aromatic heterocycles. The molecular formula is C20H24N4O2S. The van der Waals surface area contributed by atoms with E-state index in [-0.39, 0.29) is 18.4 Å². The number of carbonyl (C=O) groups excluding carboxylic acids is 2. The van der Waals surface area contributed by atoms with Crippen LogP contribution in [0.25, 0.3) is 11.0 Å². The van der Waals surface area contributed by atoms with Crippen LogP contribution in [0.1, 0.15) is 29.3 Å². The van der Waals surface area contributed by atoms with E-state index in [2.05, 4.69) is 10.3 Å². The minimum Gasteiger partial charge on any atom is -0.351 e. The average molecular weight is 385 g/mol. The molecule has 27 heavy (non-hydrogen) atoms. The molecule has 142 valence electrons.